The Hall–Kier alpha value is -3.13. The minimum Gasteiger partial charge on any atom is -0.305 e. The average molecular weight is 413 g/mol. The Morgan fingerprint density at radius 2 is 1.72 bits per heavy atom. The second-order valence-corrected chi connectivity index (χ2v) is 8.95. The Kier molecular flexibility index (Phi) is 5.74. The standard InChI is InChI=1S/C21H24N4O3S/c1-13(2)19-12-20(24-23-19)22-21(26)18-11-17(10-7-15(18)4)29(27,28)25-16-8-5-14(3)6-9-16/h5-13,25H,1-4H3,(H2,22,23,24,26). The SMILES string of the molecule is Cc1ccc(NS(=O)(=O)c2ccc(C)c(C(=O)Nc3cc(C(C)C)[nH]n3)c2)cc1. The summed E-state index contributed by atoms with van der Waals surface area (Å²) in [6.07, 6.45) is 0. The van der Waals surface area contributed by atoms with E-state index in [-0.39, 0.29) is 16.4 Å². The number of aromatic amines is 1. The van der Waals surface area contributed by atoms with Gasteiger partial charge in [0.05, 0.1) is 4.90 Å². The van der Waals surface area contributed by atoms with Gasteiger partial charge in [-0.25, -0.2) is 8.42 Å². The lowest BCUT2D eigenvalue weighted by atomic mass is 10.1. The Morgan fingerprint density at radius 1 is 1.03 bits per heavy atom. The van der Waals surface area contributed by atoms with Gasteiger partial charge >= 0.3 is 0 Å². The Labute approximate surface area is 170 Å². The molecule has 0 saturated heterocycles. The summed E-state index contributed by atoms with van der Waals surface area (Å²) in [6.45, 7) is 7.70. The quantitative estimate of drug-likeness (QED) is 0.564. The summed E-state index contributed by atoms with van der Waals surface area (Å²) in [5.74, 6) is 0.219. The summed E-state index contributed by atoms with van der Waals surface area (Å²) in [5.41, 5.74) is 3.32. The first-order valence-corrected chi connectivity index (χ1v) is 10.7. The maximum Gasteiger partial charge on any atom is 0.261 e. The number of nitrogens with zero attached hydrogens (tertiary/aromatic N) is 1. The molecule has 2 aromatic carbocycles. The van der Waals surface area contributed by atoms with Crippen molar-refractivity contribution in [3.63, 3.8) is 0 Å². The van der Waals surface area contributed by atoms with Crippen molar-refractivity contribution >= 4 is 27.4 Å². The number of carbonyl (C=O) groups is 1. The van der Waals surface area contributed by atoms with Crippen molar-refractivity contribution in [1.29, 1.82) is 0 Å². The van der Waals surface area contributed by atoms with Crippen LogP contribution in [0.25, 0.3) is 0 Å². The van der Waals surface area contributed by atoms with E-state index in [0.29, 0.717) is 17.1 Å². The van der Waals surface area contributed by atoms with Gasteiger partial charge in [-0.3, -0.25) is 14.6 Å². The molecule has 0 fully saturated rings. The summed E-state index contributed by atoms with van der Waals surface area (Å²) in [6, 6.07) is 13.3. The average Bonchev–Trinajstić information content (AvgIpc) is 3.12. The van der Waals surface area contributed by atoms with E-state index in [1.54, 1.807) is 31.2 Å². The van der Waals surface area contributed by atoms with Crippen molar-refractivity contribution in [2.75, 3.05) is 10.0 Å². The van der Waals surface area contributed by atoms with Crippen LogP contribution in [0, 0.1) is 13.8 Å². The van der Waals surface area contributed by atoms with E-state index in [2.05, 4.69) is 20.2 Å². The van der Waals surface area contributed by atoms with Crippen molar-refractivity contribution in [3.8, 4) is 0 Å². The van der Waals surface area contributed by atoms with Crippen LogP contribution >= 0.6 is 0 Å². The predicted molar refractivity (Wildman–Crippen MR) is 114 cm³/mol. The van der Waals surface area contributed by atoms with Gasteiger partial charge in [-0.2, -0.15) is 5.10 Å². The number of aryl methyl sites for hydroxylation is 2. The van der Waals surface area contributed by atoms with Gasteiger partial charge in [-0.1, -0.05) is 37.6 Å². The molecule has 0 aliphatic heterocycles. The molecule has 0 atom stereocenters. The first-order valence-electron chi connectivity index (χ1n) is 9.22. The first kappa shape index (κ1) is 20.6. The third-order valence-electron chi connectivity index (χ3n) is 4.53. The highest BCUT2D eigenvalue weighted by atomic mass is 32.2. The number of benzene rings is 2. The number of anilines is 2. The third kappa shape index (κ3) is 4.83. The molecule has 29 heavy (non-hydrogen) atoms. The molecule has 3 rings (SSSR count). The van der Waals surface area contributed by atoms with E-state index in [9.17, 15) is 13.2 Å². The zero-order chi connectivity index (χ0) is 21.2. The molecule has 1 aromatic heterocycles. The van der Waals surface area contributed by atoms with Gasteiger partial charge in [-0.05, 0) is 49.6 Å². The van der Waals surface area contributed by atoms with Gasteiger partial charge in [0.1, 0.15) is 0 Å². The molecule has 1 heterocycles. The van der Waals surface area contributed by atoms with E-state index >= 15 is 0 Å². The fourth-order valence-electron chi connectivity index (χ4n) is 2.73. The molecule has 152 valence electrons. The van der Waals surface area contributed by atoms with Gasteiger partial charge in [0, 0.05) is 23.0 Å². The molecule has 0 unspecified atom stereocenters. The third-order valence-corrected chi connectivity index (χ3v) is 5.91. The summed E-state index contributed by atoms with van der Waals surface area (Å²) in [7, 11) is -3.83. The lowest BCUT2D eigenvalue weighted by Crippen LogP contribution is -2.17. The maximum atomic E-state index is 12.7. The van der Waals surface area contributed by atoms with Gasteiger partial charge in [-0.15, -0.1) is 0 Å². The molecule has 0 bridgehead atoms. The van der Waals surface area contributed by atoms with Crippen LogP contribution in [0.1, 0.15) is 46.9 Å². The zero-order valence-electron chi connectivity index (χ0n) is 16.8. The number of H-pyrrole nitrogens is 1. The minimum atomic E-state index is -3.83. The maximum absolute atomic E-state index is 12.7. The number of sulfonamides is 1. The molecular formula is C21H24N4O3S. The molecule has 3 N–H and O–H groups in total. The van der Waals surface area contributed by atoms with Crippen LogP contribution in [-0.2, 0) is 10.0 Å². The van der Waals surface area contributed by atoms with Crippen molar-refractivity contribution in [2.45, 2.75) is 38.5 Å². The molecule has 0 aliphatic rings. The van der Waals surface area contributed by atoms with Gasteiger partial charge < -0.3 is 5.32 Å². The molecule has 8 heteroatoms. The number of nitrogens with one attached hydrogen (secondary N) is 3. The van der Waals surface area contributed by atoms with E-state index in [1.165, 1.54) is 12.1 Å². The van der Waals surface area contributed by atoms with Crippen LogP contribution in [0.5, 0.6) is 0 Å². The Bertz CT molecular complexity index is 1130. The largest absolute Gasteiger partial charge is 0.305 e. The molecule has 3 aromatic rings. The molecular weight excluding hydrogens is 388 g/mol. The minimum absolute atomic E-state index is 0.0127. The number of amides is 1. The zero-order valence-corrected chi connectivity index (χ0v) is 17.6. The smallest absolute Gasteiger partial charge is 0.261 e. The lowest BCUT2D eigenvalue weighted by Gasteiger charge is -2.11. The van der Waals surface area contributed by atoms with Gasteiger partial charge in [0.25, 0.3) is 15.9 Å². The highest BCUT2D eigenvalue weighted by Gasteiger charge is 2.19. The fourth-order valence-corrected chi connectivity index (χ4v) is 3.81. The second kappa shape index (κ2) is 8.08. The normalized spacial score (nSPS) is 11.5. The van der Waals surface area contributed by atoms with Crippen molar-refractivity contribution in [3.05, 3.63) is 70.9 Å². The van der Waals surface area contributed by atoms with E-state index in [0.717, 1.165) is 11.3 Å². The number of carbonyl (C=O) groups excluding carboxylic acids is 1. The molecule has 0 spiro atoms. The number of hydrogen-bond acceptors (Lipinski definition) is 4. The number of hydrogen-bond donors (Lipinski definition) is 3. The molecule has 0 saturated carbocycles. The summed E-state index contributed by atoms with van der Waals surface area (Å²) >= 11 is 0. The summed E-state index contributed by atoms with van der Waals surface area (Å²) in [4.78, 5) is 12.7. The topological polar surface area (TPSA) is 104 Å². The van der Waals surface area contributed by atoms with Crippen LogP contribution in [0.4, 0.5) is 11.5 Å². The van der Waals surface area contributed by atoms with Gasteiger partial charge in [0.15, 0.2) is 5.82 Å². The Balaban J connectivity index is 1.84. The van der Waals surface area contributed by atoms with Crippen molar-refractivity contribution < 1.29 is 13.2 Å². The molecule has 0 radical (unpaired) electrons. The highest BCUT2D eigenvalue weighted by Crippen LogP contribution is 2.21. The van der Waals surface area contributed by atoms with Crippen molar-refractivity contribution in [1.82, 2.24) is 10.2 Å². The lowest BCUT2D eigenvalue weighted by molar-refractivity contribution is 0.102. The predicted octanol–water partition coefficient (Wildman–Crippen LogP) is 4.20. The van der Waals surface area contributed by atoms with E-state index in [4.69, 9.17) is 0 Å². The first-order chi connectivity index (χ1) is 13.7. The highest BCUT2D eigenvalue weighted by molar-refractivity contribution is 7.92. The van der Waals surface area contributed by atoms with Crippen LogP contribution in [0.3, 0.4) is 0 Å². The summed E-state index contributed by atoms with van der Waals surface area (Å²) < 4.78 is 28.0. The van der Waals surface area contributed by atoms with Crippen LogP contribution in [0.15, 0.2) is 53.4 Å². The molecule has 0 aliphatic carbocycles. The van der Waals surface area contributed by atoms with Gasteiger partial charge in [0.2, 0.25) is 0 Å². The molecule has 7 nitrogen and oxygen atoms in total. The number of rotatable bonds is 6. The van der Waals surface area contributed by atoms with Crippen LogP contribution < -0.4 is 10.0 Å². The summed E-state index contributed by atoms with van der Waals surface area (Å²) in [5, 5.41) is 9.66. The van der Waals surface area contributed by atoms with E-state index < -0.39 is 15.9 Å². The van der Waals surface area contributed by atoms with Crippen LogP contribution in [-0.4, -0.2) is 24.5 Å². The second-order valence-electron chi connectivity index (χ2n) is 7.27. The fraction of sp³-hybridized carbons (Fsp3) is 0.238. The Morgan fingerprint density at radius 3 is 2.34 bits per heavy atom. The number of aromatic nitrogens is 2. The molecule has 1 amide bonds. The monoisotopic (exact) mass is 412 g/mol. The van der Waals surface area contributed by atoms with Crippen molar-refractivity contribution in [2.24, 2.45) is 0 Å². The van der Waals surface area contributed by atoms with Crippen LogP contribution in [0.2, 0.25) is 0 Å². The van der Waals surface area contributed by atoms with E-state index in [1.807, 2.05) is 32.9 Å².